The molecule has 0 amide bonds. The van der Waals surface area contributed by atoms with Crippen LogP contribution < -0.4 is 5.32 Å². The van der Waals surface area contributed by atoms with E-state index in [4.69, 9.17) is 0 Å². The van der Waals surface area contributed by atoms with Crippen LogP contribution in [0.15, 0.2) is 6.07 Å². The smallest absolute Gasteiger partial charge is 0.0305 e. The van der Waals surface area contributed by atoms with Crippen molar-refractivity contribution in [1.29, 1.82) is 0 Å². The van der Waals surface area contributed by atoms with E-state index in [9.17, 15) is 0 Å². The van der Waals surface area contributed by atoms with Crippen molar-refractivity contribution >= 4 is 11.3 Å². The Kier molecular flexibility index (Phi) is 5.08. The van der Waals surface area contributed by atoms with Crippen LogP contribution in [0.2, 0.25) is 0 Å². The summed E-state index contributed by atoms with van der Waals surface area (Å²) in [6.07, 6.45) is 5.53. The Morgan fingerprint density at radius 1 is 1.11 bits per heavy atom. The maximum absolute atomic E-state index is 3.86. The molecule has 1 aliphatic carbocycles. The summed E-state index contributed by atoms with van der Waals surface area (Å²) < 4.78 is 0. The second-order valence-electron chi connectivity index (χ2n) is 6.61. The molecule has 1 aromatic rings. The molecule has 1 aromatic heterocycles. The second kappa shape index (κ2) is 6.41. The highest BCUT2D eigenvalue weighted by Gasteiger charge is 2.24. The van der Waals surface area contributed by atoms with Crippen molar-refractivity contribution in [3.63, 3.8) is 0 Å². The first kappa shape index (κ1) is 15.1. The summed E-state index contributed by atoms with van der Waals surface area (Å²) in [6, 6.07) is 3.59. The summed E-state index contributed by atoms with van der Waals surface area (Å²) in [5.74, 6) is 1.82. The Labute approximate surface area is 122 Å². The Bertz CT molecular complexity index is 399. The molecule has 1 N–H and O–H groups in total. The van der Waals surface area contributed by atoms with Crippen LogP contribution in [0.25, 0.3) is 0 Å². The maximum Gasteiger partial charge on any atom is 0.0305 e. The number of nitrogens with one attached hydrogen (secondary N) is 1. The van der Waals surface area contributed by atoms with Gasteiger partial charge in [0.2, 0.25) is 0 Å². The molecule has 1 nitrogen and oxygen atoms in total. The van der Waals surface area contributed by atoms with Crippen molar-refractivity contribution in [2.75, 3.05) is 0 Å². The lowest BCUT2D eigenvalue weighted by molar-refractivity contribution is 0.231. The Morgan fingerprint density at radius 3 is 2.21 bits per heavy atom. The van der Waals surface area contributed by atoms with Crippen LogP contribution in [0.4, 0.5) is 0 Å². The molecule has 0 bridgehead atoms. The highest BCUT2D eigenvalue weighted by Crippen LogP contribution is 2.32. The van der Waals surface area contributed by atoms with Gasteiger partial charge in [0, 0.05) is 21.8 Å². The summed E-state index contributed by atoms with van der Waals surface area (Å²) in [7, 11) is 0. The van der Waals surface area contributed by atoms with E-state index >= 15 is 0 Å². The van der Waals surface area contributed by atoms with E-state index in [0.717, 1.165) is 17.9 Å². The van der Waals surface area contributed by atoms with Crippen molar-refractivity contribution in [1.82, 2.24) is 5.32 Å². The van der Waals surface area contributed by atoms with E-state index in [1.165, 1.54) is 41.0 Å². The van der Waals surface area contributed by atoms with Gasteiger partial charge in [-0.15, -0.1) is 11.3 Å². The van der Waals surface area contributed by atoms with E-state index in [1.807, 2.05) is 11.3 Å². The van der Waals surface area contributed by atoms with Gasteiger partial charge in [-0.1, -0.05) is 13.8 Å². The number of rotatable bonds is 4. The standard InChI is InChI=1S/C17H29NS/c1-11(2)15-6-8-16(9-7-15)18-13(4)17-10-12(3)19-14(17)5/h10-11,13,15-16,18H,6-9H2,1-5H3. The third-order valence-corrected chi connectivity index (χ3v) is 5.73. The van der Waals surface area contributed by atoms with Crippen molar-refractivity contribution < 1.29 is 0 Å². The Hall–Kier alpha value is -0.340. The number of aryl methyl sites for hydroxylation is 2. The summed E-state index contributed by atoms with van der Waals surface area (Å²) in [5.41, 5.74) is 1.51. The lowest BCUT2D eigenvalue weighted by Crippen LogP contribution is -2.35. The molecule has 108 valence electrons. The van der Waals surface area contributed by atoms with Crippen LogP contribution in [-0.2, 0) is 0 Å². The first-order chi connectivity index (χ1) is 8.97. The van der Waals surface area contributed by atoms with Crippen LogP contribution in [0.3, 0.4) is 0 Å². The molecule has 2 heteroatoms. The molecule has 0 spiro atoms. The topological polar surface area (TPSA) is 12.0 Å². The summed E-state index contributed by atoms with van der Waals surface area (Å²) in [4.78, 5) is 2.91. The summed E-state index contributed by atoms with van der Waals surface area (Å²) in [5, 5.41) is 3.86. The fourth-order valence-corrected chi connectivity index (χ4v) is 4.50. The fourth-order valence-electron chi connectivity index (χ4n) is 3.48. The zero-order valence-corrected chi connectivity index (χ0v) is 13.9. The van der Waals surface area contributed by atoms with Crippen molar-refractivity contribution in [2.24, 2.45) is 11.8 Å². The Morgan fingerprint density at radius 2 is 1.74 bits per heavy atom. The van der Waals surface area contributed by atoms with Crippen LogP contribution in [-0.4, -0.2) is 6.04 Å². The normalized spacial score (nSPS) is 25.8. The van der Waals surface area contributed by atoms with Gasteiger partial charge in [0.05, 0.1) is 0 Å². The van der Waals surface area contributed by atoms with Gasteiger partial charge in [-0.2, -0.15) is 0 Å². The van der Waals surface area contributed by atoms with E-state index in [2.05, 4.69) is 46.0 Å². The number of thiophene rings is 1. The Balaban J connectivity index is 1.87. The fraction of sp³-hybridized carbons (Fsp3) is 0.765. The molecule has 1 aliphatic rings. The van der Waals surface area contributed by atoms with Crippen LogP contribution >= 0.6 is 11.3 Å². The van der Waals surface area contributed by atoms with Crippen LogP contribution in [0, 0.1) is 25.7 Å². The van der Waals surface area contributed by atoms with Gasteiger partial charge in [-0.25, -0.2) is 0 Å². The van der Waals surface area contributed by atoms with Gasteiger partial charge in [-0.3, -0.25) is 0 Å². The molecule has 1 fully saturated rings. The molecule has 1 heterocycles. The first-order valence-corrected chi connectivity index (χ1v) is 8.62. The largest absolute Gasteiger partial charge is 0.307 e. The molecular weight excluding hydrogens is 250 g/mol. The number of hydrogen-bond donors (Lipinski definition) is 1. The van der Waals surface area contributed by atoms with Crippen LogP contribution in [0.1, 0.15) is 67.8 Å². The van der Waals surface area contributed by atoms with Crippen molar-refractivity contribution in [3.8, 4) is 0 Å². The predicted molar refractivity (Wildman–Crippen MR) is 85.9 cm³/mol. The average molecular weight is 279 g/mol. The zero-order chi connectivity index (χ0) is 14.0. The molecular formula is C17H29NS. The van der Waals surface area contributed by atoms with Crippen molar-refractivity contribution in [2.45, 2.75) is 72.4 Å². The third-order valence-electron chi connectivity index (χ3n) is 4.75. The molecule has 0 radical (unpaired) electrons. The molecule has 19 heavy (non-hydrogen) atoms. The average Bonchev–Trinajstić information content (AvgIpc) is 2.69. The maximum atomic E-state index is 3.86. The molecule has 1 unspecified atom stereocenters. The minimum absolute atomic E-state index is 0.505. The lowest BCUT2D eigenvalue weighted by atomic mass is 9.79. The number of hydrogen-bond acceptors (Lipinski definition) is 2. The van der Waals surface area contributed by atoms with E-state index in [-0.39, 0.29) is 0 Å². The van der Waals surface area contributed by atoms with E-state index < -0.39 is 0 Å². The van der Waals surface area contributed by atoms with Gasteiger partial charge in [0.15, 0.2) is 0 Å². The zero-order valence-electron chi connectivity index (χ0n) is 13.1. The van der Waals surface area contributed by atoms with Gasteiger partial charge in [0.25, 0.3) is 0 Å². The van der Waals surface area contributed by atoms with Crippen LogP contribution in [0.5, 0.6) is 0 Å². The highest BCUT2D eigenvalue weighted by atomic mass is 32.1. The first-order valence-electron chi connectivity index (χ1n) is 7.80. The van der Waals surface area contributed by atoms with Gasteiger partial charge in [-0.05, 0) is 69.9 Å². The third kappa shape index (κ3) is 3.82. The highest BCUT2D eigenvalue weighted by molar-refractivity contribution is 7.12. The molecule has 1 saturated carbocycles. The van der Waals surface area contributed by atoms with Gasteiger partial charge < -0.3 is 5.32 Å². The molecule has 1 atom stereocenters. The molecule has 0 saturated heterocycles. The predicted octanol–water partition coefficient (Wildman–Crippen LogP) is 5.23. The minimum atomic E-state index is 0.505. The second-order valence-corrected chi connectivity index (χ2v) is 8.07. The van der Waals surface area contributed by atoms with Crippen molar-refractivity contribution in [3.05, 3.63) is 21.4 Å². The van der Waals surface area contributed by atoms with Gasteiger partial charge >= 0.3 is 0 Å². The monoisotopic (exact) mass is 279 g/mol. The lowest BCUT2D eigenvalue weighted by Gasteiger charge is -2.33. The van der Waals surface area contributed by atoms with E-state index in [0.29, 0.717) is 6.04 Å². The molecule has 0 aromatic carbocycles. The summed E-state index contributed by atoms with van der Waals surface area (Å²) in [6.45, 7) is 11.5. The summed E-state index contributed by atoms with van der Waals surface area (Å²) >= 11 is 1.92. The van der Waals surface area contributed by atoms with E-state index in [1.54, 1.807) is 0 Å². The SMILES string of the molecule is Cc1cc(C(C)NC2CCC(C(C)C)CC2)c(C)s1. The molecule has 0 aliphatic heterocycles. The molecule has 2 rings (SSSR count). The minimum Gasteiger partial charge on any atom is -0.307 e. The van der Waals surface area contributed by atoms with Gasteiger partial charge in [0.1, 0.15) is 0 Å². The quantitative estimate of drug-likeness (QED) is 0.795.